The topological polar surface area (TPSA) is 65.5 Å². The van der Waals surface area contributed by atoms with Gasteiger partial charge in [-0.2, -0.15) is 0 Å². The van der Waals surface area contributed by atoms with E-state index in [0.29, 0.717) is 37.6 Å². The SMILES string of the molecule is CCNC(=O)c1cccc(CNC(=NC)NCCc2cccc(F)c2)c1.I. The van der Waals surface area contributed by atoms with E-state index in [1.54, 1.807) is 19.2 Å². The molecule has 7 heteroatoms. The number of amides is 1. The van der Waals surface area contributed by atoms with Crippen LogP contribution < -0.4 is 16.0 Å². The molecule has 0 aromatic heterocycles. The summed E-state index contributed by atoms with van der Waals surface area (Å²) in [5, 5.41) is 9.21. The predicted octanol–water partition coefficient (Wildman–Crippen LogP) is 3.10. The summed E-state index contributed by atoms with van der Waals surface area (Å²) in [6.45, 7) is 3.68. The summed E-state index contributed by atoms with van der Waals surface area (Å²) in [5.74, 6) is 0.355. The maximum absolute atomic E-state index is 13.2. The van der Waals surface area contributed by atoms with Gasteiger partial charge in [0, 0.05) is 32.2 Å². The first-order valence-electron chi connectivity index (χ1n) is 8.68. The lowest BCUT2D eigenvalue weighted by atomic mass is 10.1. The molecule has 0 saturated carbocycles. The van der Waals surface area contributed by atoms with Gasteiger partial charge in [0.2, 0.25) is 0 Å². The van der Waals surface area contributed by atoms with E-state index < -0.39 is 0 Å². The number of nitrogens with zero attached hydrogens (tertiary/aromatic N) is 1. The Morgan fingerprint density at radius 1 is 1.04 bits per heavy atom. The number of benzene rings is 2. The van der Waals surface area contributed by atoms with Gasteiger partial charge in [-0.15, -0.1) is 24.0 Å². The van der Waals surface area contributed by atoms with Crippen LogP contribution in [0.1, 0.15) is 28.4 Å². The van der Waals surface area contributed by atoms with Crippen molar-refractivity contribution in [2.24, 2.45) is 4.99 Å². The molecule has 0 saturated heterocycles. The summed E-state index contributed by atoms with van der Waals surface area (Å²) in [6, 6.07) is 14.0. The largest absolute Gasteiger partial charge is 0.356 e. The molecule has 2 aromatic rings. The van der Waals surface area contributed by atoms with Crippen molar-refractivity contribution in [2.75, 3.05) is 20.1 Å². The Labute approximate surface area is 176 Å². The normalized spacial score (nSPS) is 10.7. The summed E-state index contributed by atoms with van der Waals surface area (Å²) in [6.07, 6.45) is 0.700. The van der Waals surface area contributed by atoms with Gasteiger partial charge in [0.15, 0.2) is 5.96 Å². The van der Waals surface area contributed by atoms with Gasteiger partial charge in [-0.3, -0.25) is 9.79 Å². The summed E-state index contributed by atoms with van der Waals surface area (Å²) in [7, 11) is 1.70. The van der Waals surface area contributed by atoms with Crippen LogP contribution in [0.3, 0.4) is 0 Å². The number of hydrogen-bond donors (Lipinski definition) is 3. The zero-order chi connectivity index (χ0) is 18.8. The third-order valence-electron chi connectivity index (χ3n) is 3.81. The minimum atomic E-state index is -0.225. The van der Waals surface area contributed by atoms with Gasteiger partial charge in [0.05, 0.1) is 0 Å². The summed E-state index contributed by atoms with van der Waals surface area (Å²) >= 11 is 0. The number of carbonyl (C=O) groups is 1. The van der Waals surface area contributed by atoms with Crippen LogP contribution in [-0.4, -0.2) is 32.0 Å². The van der Waals surface area contributed by atoms with E-state index in [1.165, 1.54) is 12.1 Å². The number of rotatable bonds is 7. The number of aliphatic imine (C=N–C) groups is 1. The van der Waals surface area contributed by atoms with E-state index in [0.717, 1.165) is 11.1 Å². The Morgan fingerprint density at radius 3 is 2.48 bits per heavy atom. The van der Waals surface area contributed by atoms with E-state index in [2.05, 4.69) is 20.9 Å². The average molecular weight is 484 g/mol. The molecule has 0 bridgehead atoms. The van der Waals surface area contributed by atoms with Crippen LogP contribution in [0.15, 0.2) is 53.5 Å². The Morgan fingerprint density at radius 2 is 1.78 bits per heavy atom. The van der Waals surface area contributed by atoms with Gasteiger partial charge in [-0.1, -0.05) is 24.3 Å². The second kappa shape index (κ2) is 12.3. The number of hydrogen-bond acceptors (Lipinski definition) is 2. The first kappa shape index (κ1) is 22.9. The molecule has 5 nitrogen and oxygen atoms in total. The molecule has 0 aliphatic rings. The first-order chi connectivity index (χ1) is 12.6. The highest BCUT2D eigenvalue weighted by atomic mass is 127. The van der Waals surface area contributed by atoms with Gasteiger partial charge in [-0.05, 0) is 48.7 Å². The highest BCUT2D eigenvalue weighted by Gasteiger charge is 2.05. The highest BCUT2D eigenvalue weighted by Crippen LogP contribution is 2.05. The lowest BCUT2D eigenvalue weighted by Gasteiger charge is -2.12. The van der Waals surface area contributed by atoms with Crippen molar-refractivity contribution in [2.45, 2.75) is 19.9 Å². The zero-order valence-electron chi connectivity index (χ0n) is 15.6. The third-order valence-corrected chi connectivity index (χ3v) is 3.81. The number of guanidine groups is 1. The van der Waals surface area contributed by atoms with Gasteiger partial charge in [0.1, 0.15) is 5.82 Å². The molecular weight excluding hydrogens is 458 g/mol. The van der Waals surface area contributed by atoms with Crippen LogP contribution in [0.2, 0.25) is 0 Å². The molecular formula is C20H26FIN4O. The highest BCUT2D eigenvalue weighted by molar-refractivity contribution is 14.0. The van der Waals surface area contributed by atoms with Gasteiger partial charge >= 0.3 is 0 Å². The molecule has 2 aromatic carbocycles. The second-order valence-electron chi connectivity index (χ2n) is 5.79. The van der Waals surface area contributed by atoms with Crippen molar-refractivity contribution in [1.82, 2.24) is 16.0 Å². The van der Waals surface area contributed by atoms with Crippen LogP contribution in [0.5, 0.6) is 0 Å². The standard InChI is InChI=1S/C20H25FN4O.HI/c1-3-23-19(26)17-8-4-7-16(12-17)14-25-20(22-2)24-11-10-15-6-5-9-18(21)13-15;/h4-9,12-13H,3,10-11,14H2,1-2H3,(H,23,26)(H2,22,24,25);1H. The van der Waals surface area contributed by atoms with Crippen molar-refractivity contribution in [1.29, 1.82) is 0 Å². The van der Waals surface area contributed by atoms with Gasteiger partial charge < -0.3 is 16.0 Å². The lowest BCUT2D eigenvalue weighted by molar-refractivity contribution is 0.0955. The second-order valence-corrected chi connectivity index (χ2v) is 5.79. The van der Waals surface area contributed by atoms with E-state index in [4.69, 9.17) is 0 Å². The molecule has 27 heavy (non-hydrogen) atoms. The Kier molecular flexibility index (Phi) is 10.4. The van der Waals surface area contributed by atoms with Crippen molar-refractivity contribution < 1.29 is 9.18 Å². The smallest absolute Gasteiger partial charge is 0.251 e. The molecule has 0 unspecified atom stereocenters. The van der Waals surface area contributed by atoms with Crippen molar-refractivity contribution in [3.05, 3.63) is 71.0 Å². The zero-order valence-corrected chi connectivity index (χ0v) is 17.9. The van der Waals surface area contributed by atoms with Gasteiger partial charge in [-0.25, -0.2) is 4.39 Å². The molecule has 1 amide bonds. The fourth-order valence-electron chi connectivity index (χ4n) is 2.51. The van der Waals surface area contributed by atoms with E-state index >= 15 is 0 Å². The van der Waals surface area contributed by atoms with E-state index in [9.17, 15) is 9.18 Å². The maximum Gasteiger partial charge on any atom is 0.251 e. The van der Waals surface area contributed by atoms with Gasteiger partial charge in [0.25, 0.3) is 5.91 Å². The monoisotopic (exact) mass is 484 g/mol. The average Bonchev–Trinajstić information content (AvgIpc) is 2.65. The molecule has 0 heterocycles. The molecule has 0 aliphatic heterocycles. The summed E-state index contributed by atoms with van der Waals surface area (Å²) < 4.78 is 13.2. The van der Waals surface area contributed by atoms with Crippen molar-refractivity contribution in [3.8, 4) is 0 Å². The molecule has 0 aliphatic carbocycles. The predicted molar refractivity (Wildman–Crippen MR) is 118 cm³/mol. The maximum atomic E-state index is 13.2. The summed E-state index contributed by atoms with van der Waals surface area (Å²) in [5.41, 5.74) is 2.56. The number of carbonyl (C=O) groups excluding carboxylic acids is 1. The third kappa shape index (κ3) is 7.94. The van der Waals surface area contributed by atoms with Crippen molar-refractivity contribution >= 4 is 35.8 Å². The van der Waals surface area contributed by atoms with E-state index in [1.807, 2.05) is 31.2 Å². The van der Waals surface area contributed by atoms with Crippen LogP contribution in [0.25, 0.3) is 0 Å². The molecule has 2 rings (SSSR count). The van der Waals surface area contributed by atoms with Crippen molar-refractivity contribution in [3.63, 3.8) is 0 Å². The van der Waals surface area contributed by atoms with Crippen LogP contribution in [0.4, 0.5) is 4.39 Å². The Bertz CT molecular complexity index is 767. The Hall–Kier alpha value is -2.16. The molecule has 0 atom stereocenters. The fourth-order valence-corrected chi connectivity index (χ4v) is 2.51. The number of halogens is 2. The van der Waals surface area contributed by atoms with Crippen LogP contribution in [0, 0.1) is 5.82 Å². The summed E-state index contributed by atoms with van der Waals surface area (Å²) in [4.78, 5) is 16.1. The molecule has 146 valence electrons. The number of nitrogens with one attached hydrogen (secondary N) is 3. The first-order valence-corrected chi connectivity index (χ1v) is 8.68. The molecule has 0 radical (unpaired) electrons. The molecule has 0 fully saturated rings. The Balaban J connectivity index is 0.00000364. The molecule has 3 N–H and O–H groups in total. The minimum Gasteiger partial charge on any atom is -0.356 e. The molecule has 0 spiro atoms. The van der Waals surface area contributed by atoms with Crippen LogP contribution in [-0.2, 0) is 13.0 Å². The fraction of sp³-hybridized carbons (Fsp3) is 0.300. The van der Waals surface area contributed by atoms with Crippen LogP contribution >= 0.6 is 24.0 Å². The van der Waals surface area contributed by atoms with E-state index in [-0.39, 0.29) is 35.7 Å². The quantitative estimate of drug-likeness (QED) is 0.322. The minimum absolute atomic E-state index is 0. The lowest BCUT2D eigenvalue weighted by Crippen LogP contribution is -2.37.